The zero-order valence-corrected chi connectivity index (χ0v) is 13.0. The second kappa shape index (κ2) is 5.09. The molecule has 2 atom stereocenters. The number of benzene rings is 1. The highest BCUT2D eigenvalue weighted by molar-refractivity contribution is 5.79. The molecule has 124 valence electrons. The molecule has 2 aliphatic rings. The first kappa shape index (κ1) is 15.5. The van der Waals surface area contributed by atoms with Crippen LogP contribution in [0.2, 0.25) is 0 Å². The third-order valence-corrected chi connectivity index (χ3v) is 4.50. The summed E-state index contributed by atoms with van der Waals surface area (Å²) >= 11 is 0. The molecular weight excluding hydrogens is 302 g/mol. The number of hydrogen-bond donors (Lipinski definition) is 2. The predicted octanol–water partition coefficient (Wildman–Crippen LogP) is 1.37. The molecule has 1 aromatic rings. The minimum atomic E-state index is -1.000. The molecule has 0 spiro atoms. The van der Waals surface area contributed by atoms with E-state index in [1.165, 1.54) is 12.1 Å². The number of aliphatic hydroxyl groups excluding tert-OH is 1. The summed E-state index contributed by atoms with van der Waals surface area (Å²) in [6.07, 6.45) is 0.118. The number of carbonyl (C=O) groups is 1. The highest BCUT2D eigenvalue weighted by Crippen LogP contribution is 2.46. The van der Waals surface area contributed by atoms with Crippen molar-refractivity contribution in [3.05, 3.63) is 27.8 Å². The number of nitro benzene ring substituents is 1. The van der Waals surface area contributed by atoms with E-state index < -0.39 is 22.7 Å². The maximum atomic E-state index is 12.1. The molecule has 1 saturated heterocycles. The average molecular weight is 321 g/mol. The standard InChI is InChI=1S/C15H19N3O5/c1-15(2)14(20)13(17-5-3-4-12(17)19)8-6-10(18(21)22)9(16)7-11(8)23-15/h6-7,13-14,20H,3-5,16H2,1-2H3/t13-,14+/m1/s1. The molecule has 3 N–H and O–H groups in total. The summed E-state index contributed by atoms with van der Waals surface area (Å²) in [5.41, 5.74) is 4.95. The lowest BCUT2D eigenvalue weighted by atomic mass is 9.85. The minimum Gasteiger partial charge on any atom is -0.485 e. The van der Waals surface area contributed by atoms with Gasteiger partial charge in [0.25, 0.3) is 5.69 Å². The Kier molecular flexibility index (Phi) is 3.44. The van der Waals surface area contributed by atoms with Crippen LogP contribution in [0.15, 0.2) is 12.1 Å². The number of aliphatic hydroxyl groups is 1. The van der Waals surface area contributed by atoms with Gasteiger partial charge in [-0.3, -0.25) is 14.9 Å². The van der Waals surface area contributed by atoms with Crippen LogP contribution in [0.4, 0.5) is 11.4 Å². The number of anilines is 1. The average Bonchev–Trinajstić information content (AvgIpc) is 2.85. The summed E-state index contributed by atoms with van der Waals surface area (Å²) in [7, 11) is 0. The van der Waals surface area contributed by atoms with E-state index in [9.17, 15) is 20.0 Å². The van der Waals surface area contributed by atoms with E-state index in [0.29, 0.717) is 30.7 Å². The van der Waals surface area contributed by atoms with Crippen molar-refractivity contribution in [1.82, 2.24) is 4.90 Å². The Bertz CT molecular complexity index is 688. The number of nitrogen functional groups attached to an aromatic ring is 1. The summed E-state index contributed by atoms with van der Waals surface area (Å²) in [4.78, 5) is 24.3. The summed E-state index contributed by atoms with van der Waals surface area (Å²) < 4.78 is 5.78. The van der Waals surface area contributed by atoms with E-state index in [0.717, 1.165) is 0 Å². The van der Waals surface area contributed by atoms with E-state index >= 15 is 0 Å². The molecule has 0 unspecified atom stereocenters. The third kappa shape index (κ3) is 2.39. The second-order valence-corrected chi connectivity index (χ2v) is 6.49. The zero-order chi connectivity index (χ0) is 16.9. The second-order valence-electron chi connectivity index (χ2n) is 6.49. The molecule has 3 rings (SSSR count). The Labute approximate surface area is 133 Å². The Morgan fingerprint density at radius 2 is 2.17 bits per heavy atom. The van der Waals surface area contributed by atoms with Crippen molar-refractivity contribution in [3.63, 3.8) is 0 Å². The van der Waals surface area contributed by atoms with Crippen LogP contribution in [0.3, 0.4) is 0 Å². The smallest absolute Gasteiger partial charge is 0.292 e. The van der Waals surface area contributed by atoms with Crippen molar-refractivity contribution in [2.24, 2.45) is 0 Å². The minimum absolute atomic E-state index is 0.00700. The maximum Gasteiger partial charge on any atom is 0.292 e. The number of hydrogen-bond acceptors (Lipinski definition) is 6. The lowest BCUT2D eigenvalue weighted by Crippen LogP contribution is -2.53. The van der Waals surface area contributed by atoms with Crippen LogP contribution in [-0.4, -0.2) is 39.1 Å². The van der Waals surface area contributed by atoms with Gasteiger partial charge in [0.05, 0.1) is 11.0 Å². The van der Waals surface area contributed by atoms with Crippen molar-refractivity contribution < 1.29 is 19.6 Å². The van der Waals surface area contributed by atoms with Gasteiger partial charge >= 0.3 is 0 Å². The molecule has 23 heavy (non-hydrogen) atoms. The highest BCUT2D eigenvalue weighted by atomic mass is 16.6. The molecule has 2 aliphatic heterocycles. The van der Waals surface area contributed by atoms with Gasteiger partial charge < -0.3 is 20.5 Å². The fourth-order valence-electron chi connectivity index (χ4n) is 3.27. The highest BCUT2D eigenvalue weighted by Gasteiger charge is 2.48. The van der Waals surface area contributed by atoms with Crippen molar-refractivity contribution in [2.75, 3.05) is 12.3 Å². The van der Waals surface area contributed by atoms with Gasteiger partial charge in [-0.05, 0) is 20.3 Å². The molecule has 0 radical (unpaired) electrons. The van der Waals surface area contributed by atoms with Crippen LogP contribution in [0, 0.1) is 10.1 Å². The van der Waals surface area contributed by atoms with Gasteiger partial charge in [0, 0.05) is 30.7 Å². The van der Waals surface area contributed by atoms with E-state index in [1.54, 1.807) is 18.7 Å². The number of rotatable bonds is 2. The van der Waals surface area contributed by atoms with Crippen LogP contribution in [0.1, 0.15) is 38.3 Å². The number of nitrogens with two attached hydrogens (primary N) is 1. The molecule has 1 amide bonds. The first-order valence-electron chi connectivity index (χ1n) is 7.46. The number of amides is 1. The summed E-state index contributed by atoms with van der Waals surface area (Å²) in [5, 5.41) is 21.9. The van der Waals surface area contributed by atoms with Crippen molar-refractivity contribution in [3.8, 4) is 5.75 Å². The molecule has 0 aromatic heterocycles. The van der Waals surface area contributed by atoms with E-state index in [2.05, 4.69) is 0 Å². The van der Waals surface area contributed by atoms with E-state index in [-0.39, 0.29) is 17.3 Å². The van der Waals surface area contributed by atoms with Gasteiger partial charge in [-0.2, -0.15) is 0 Å². The van der Waals surface area contributed by atoms with Crippen LogP contribution >= 0.6 is 0 Å². The van der Waals surface area contributed by atoms with E-state index in [1.807, 2.05) is 0 Å². The summed E-state index contributed by atoms with van der Waals surface area (Å²) in [6.45, 7) is 3.94. The van der Waals surface area contributed by atoms with Crippen LogP contribution in [-0.2, 0) is 4.79 Å². The Hall–Kier alpha value is -2.35. The topological polar surface area (TPSA) is 119 Å². The molecule has 0 bridgehead atoms. The van der Waals surface area contributed by atoms with Gasteiger partial charge in [0.2, 0.25) is 5.91 Å². The van der Waals surface area contributed by atoms with E-state index in [4.69, 9.17) is 10.5 Å². The van der Waals surface area contributed by atoms with Crippen LogP contribution in [0.25, 0.3) is 0 Å². The number of likely N-dealkylation sites (tertiary alicyclic amines) is 1. The quantitative estimate of drug-likeness (QED) is 0.482. The monoisotopic (exact) mass is 321 g/mol. The SMILES string of the molecule is CC1(C)Oc2cc(N)c([N+](=O)[O-])cc2[C@@H](N2CCCC2=O)[C@@H]1O. The largest absolute Gasteiger partial charge is 0.485 e. The van der Waals surface area contributed by atoms with Gasteiger partial charge in [-0.15, -0.1) is 0 Å². The zero-order valence-electron chi connectivity index (χ0n) is 13.0. The van der Waals surface area contributed by atoms with Crippen molar-refractivity contribution in [2.45, 2.75) is 44.4 Å². The summed E-state index contributed by atoms with van der Waals surface area (Å²) in [5.74, 6) is 0.297. The number of fused-ring (bicyclic) bond motifs is 1. The Morgan fingerprint density at radius 1 is 1.48 bits per heavy atom. The predicted molar refractivity (Wildman–Crippen MR) is 81.9 cm³/mol. The molecule has 1 aromatic carbocycles. The van der Waals surface area contributed by atoms with Gasteiger partial charge in [-0.25, -0.2) is 0 Å². The van der Waals surface area contributed by atoms with Gasteiger partial charge in [0.1, 0.15) is 23.1 Å². The maximum absolute atomic E-state index is 12.1. The summed E-state index contributed by atoms with van der Waals surface area (Å²) in [6, 6.07) is 2.02. The van der Waals surface area contributed by atoms with Crippen molar-refractivity contribution in [1.29, 1.82) is 0 Å². The van der Waals surface area contributed by atoms with Crippen molar-refractivity contribution >= 4 is 17.3 Å². The number of ether oxygens (including phenoxy) is 1. The first-order valence-corrected chi connectivity index (χ1v) is 7.46. The Balaban J connectivity index is 2.17. The first-order chi connectivity index (χ1) is 10.7. The lowest BCUT2D eigenvalue weighted by Gasteiger charge is -2.45. The number of nitrogens with zero attached hydrogens (tertiary/aromatic N) is 2. The Morgan fingerprint density at radius 3 is 2.74 bits per heavy atom. The molecule has 8 nitrogen and oxygen atoms in total. The molecular formula is C15H19N3O5. The van der Waals surface area contributed by atoms with Crippen LogP contribution < -0.4 is 10.5 Å². The molecule has 2 heterocycles. The third-order valence-electron chi connectivity index (χ3n) is 4.50. The number of nitro groups is 1. The molecule has 0 saturated carbocycles. The normalized spacial score (nSPS) is 25.9. The number of carbonyl (C=O) groups excluding carboxylic acids is 1. The molecule has 1 fully saturated rings. The fraction of sp³-hybridized carbons (Fsp3) is 0.533. The van der Waals surface area contributed by atoms with Gasteiger partial charge in [-0.1, -0.05) is 0 Å². The lowest BCUT2D eigenvalue weighted by molar-refractivity contribution is -0.384. The fourth-order valence-corrected chi connectivity index (χ4v) is 3.27. The van der Waals surface area contributed by atoms with Gasteiger partial charge in [0.15, 0.2) is 0 Å². The molecule has 0 aliphatic carbocycles. The van der Waals surface area contributed by atoms with Crippen LogP contribution in [0.5, 0.6) is 5.75 Å². The molecule has 8 heteroatoms.